The Balaban J connectivity index is 1.65. The van der Waals surface area contributed by atoms with Gasteiger partial charge in [0.25, 0.3) is 0 Å². The SMILES string of the molecule is COc1ccc(NC(N)=NC2CC2c2cccc(Cl)c2)cc1OC. The van der Waals surface area contributed by atoms with Crippen molar-refractivity contribution in [2.75, 3.05) is 19.5 Å². The Morgan fingerprint density at radius 2 is 1.96 bits per heavy atom. The van der Waals surface area contributed by atoms with E-state index in [1.54, 1.807) is 14.2 Å². The average molecular weight is 346 g/mol. The van der Waals surface area contributed by atoms with E-state index in [1.807, 2.05) is 36.4 Å². The molecule has 1 aliphatic carbocycles. The van der Waals surface area contributed by atoms with Gasteiger partial charge in [-0.25, -0.2) is 4.99 Å². The number of nitrogens with zero attached hydrogens (tertiary/aromatic N) is 1. The van der Waals surface area contributed by atoms with Crippen molar-refractivity contribution in [3.8, 4) is 11.5 Å². The fourth-order valence-corrected chi connectivity index (χ4v) is 2.89. The first-order valence-corrected chi connectivity index (χ1v) is 8.06. The third-order valence-corrected chi connectivity index (χ3v) is 4.23. The van der Waals surface area contributed by atoms with E-state index in [2.05, 4.69) is 16.4 Å². The van der Waals surface area contributed by atoms with Crippen LogP contribution in [0.2, 0.25) is 5.02 Å². The second kappa shape index (κ2) is 7.01. The minimum atomic E-state index is 0.191. The first kappa shape index (κ1) is 16.5. The number of ether oxygens (including phenoxy) is 2. The predicted octanol–water partition coefficient (Wildman–Crippen LogP) is 3.64. The maximum Gasteiger partial charge on any atom is 0.193 e. The third kappa shape index (κ3) is 3.74. The minimum Gasteiger partial charge on any atom is -0.493 e. The topological polar surface area (TPSA) is 68.9 Å². The predicted molar refractivity (Wildman–Crippen MR) is 97.4 cm³/mol. The summed E-state index contributed by atoms with van der Waals surface area (Å²) in [7, 11) is 3.20. The van der Waals surface area contributed by atoms with E-state index in [-0.39, 0.29) is 6.04 Å². The lowest BCUT2D eigenvalue weighted by molar-refractivity contribution is 0.355. The van der Waals surface area contributed by atoms with Gasteiger partial charge in [0.05, 0.1) is 20.3 Å². The summed E-state index contributed by atoms with van der Waals surface area (Å²) in [6.07, 6.45) is 0.981. The van der Waals surface area contributed by atoms with Gasteiger partial charge in [-0.1, -0.05) is 23.7 Å². The molecular weight excluding hydrogens is 326 g/mol. The number of hydrogen-bond acceptors (Lipinski definition) is 3. The molecule has 5 nitrogen and oxygen atoms in total. The van der Waals surface area contributed by atoms with E-state index in [0.717, 1.165) is 17.1 Å². The molecule has 0 aliphatic heterocycles. The van der Waals surface area contributed by atoms with Crippen LogP contribution in [-0.2, 0) is 0 Å². The summed E-state index contributed by atoms with van der Waals surface area (Å²) < 4.78 is 10.5. The standard InChI is InChI=1S/C18H20ClN3O2/c1-23-16-7-6-13(9-17(16)24-2)21-18(20)22-15-10-14(15)11-4-3-5-12(19)8-11/h3-9,14-15H,10H2,1-2H3,(H3,20,21,22). The normalized spacial score (nSPS) is 19.7. The minimum absolute atomic E-state index is 0.191. The Bertz CT molecular complexity index is 764. The molecule has 3 rings (SSSR count). The lowest BCUT2D eigenvalue weighted by atomic mass is 10.1. The fraction of sp³-hybridized carbons (Fsp3) is 0.278. The van der Waals surface area contributed by atoms with Crippen LogP contribution in [0, 0.1) is 0 Å². The number of guanidine groups is 1. The molecule has 0 heterocycles. The van der Waals surface area contributed by atoms with Crippen molar-refractivity contribution in [3.05, 3.63) is 53.1 Å². The molecule has 2 aromatic carbocycles. The van der Waals surface area contributed by atoms with Crippen molar-refractivity contribution in [1.29, 1.82) is 0 Å². The number of rotatable bonds is 5. The van der Waals surface area contributed by atoms with Crippen molar-refractivity contribution in [3.63, 3.8) is 0 Å². The van der Waals surface area contributed by atoms with Crippen LogP contribution in [0.15, 0.2) is 47.5 Å². The number of aliphatic imine (C=N–C) groups is 1. The van der Waals surface area contributed by atoms with E-state index in [0.29, 0.717) is 23.4 Å². The molecule has 126 valence electrons. The first-order valence-electron chi connectivity index (χ1n) is 7.68. The van der Waals surface area contributed by atoms with Crippen LogP contribution in [0.4, 0.5) is 5.69 Å². The highest BCUT2D eigenvalue weighted by molar-refractivity contribution is 6.30. The van der Waals surface area contributed by atoms with Gasteiger partial charge in [0.15, 0.2) is 17.5 Å². The molecule has 0 radical (unpaired) electrons. The molecule has 0 spiro atoms. The number of nitrogens with one attached hydrogen (secondary N) is 1. The number of halogens is 1. The van der Waals surface area contributed by atoms with Gasteiger partial charge in [-0.2, -0.15) is 0 Å². The largest absolute Gasteiger partial charge is 0.493 e. The van der Waals surface area contributed by atoms with Crippen molar-refractivity contribution in [1.82, 2.24) is 0 Å². The van der Waals surface area contributed by atoms with Crippen molar-refractivity contribution in [2.45, 2.75) is 18.4 Å². The molecule has 24 heavy (non-hydrogen) atoms. The number of methoxy groups -OCH3 is 2. The number of hydrogen-bond donors (Lipinski definition) is 2. The summed E-state index contributed by atoms with van der Waals surface area (Å²) in [5.74, 6) is 2.08. The highest BCUT2D eigenvalue weighted by Crippen LogP contribution is 2.44. The van der Waals surface area contributed by atoms with Gasteiger partial charge in [0.2, 0.25) is 0 Å². The Morgan fingerprint density at radius 3 is 2.67 bits per heavy atom. The molecule has 0 saturated heterocycles. The monoisotopic (exact) mass is 345 g/mol. The van der Waals surface area contributed by atoms with Crippen LogP contribution in [0.1, 0.15) is 17.9 Å². The van der Waals surface area contributed by atoms with Gasteiger partial charge in [-0.15, -0.1) is 0 Å². The zero-order valence-electron chi connectivity index (χ0n) is 13.6. The number of benzene rings is 2. The van der Waals surface area contributed by atoms with Gasteiger partial charge in [-0.3, -0.25) is 0 Å². The van der Waals surface area contributed by atoms with Crippen molar-refractivity contribution < 1.29 is 9.47 Å². The first-order chi connectivity index (χ1) is 11.6. The van der Waals surface area contributed by atoms with E-state index in [4.69, 9.17) is 26.8 Å². The van der Waals surface area contributed by atoms with Gasteiger partial charge in [-0.05, 0) is 36.2 Å². The molecule has 1 aliphatic rings. The molecule has 1 fully saturated rings. The highest BCUT2D eigenvalue weighted by Gasteiger charge is 2.38. The molecule has 0 aromatic heterocycles. The zero-order chi connectivity index (χ0) is 17.1. The summed E-state index contributed by atoms with van der Waals surface area (Å²) in [5, 5.41) is 3.84. The van der Waals surface area contributed by atoms with E-state index in [9.17, 15) is 0 Å². The third-order valence-electron chi connectivity index (χ3n) is 3.99. The number of nitrogens with two attached hydrogens (primary N) is 1. The summed E-state index contributed by atoms with van der Waals surface area (Å²) in [4.78, 5) is 4.54. The van der Waals surface area contributed by atoms with E-state index >= 15 is 0 Å². The van der Waals surface area contributed by atoms with Crippen LogP contribution >= 0.6 is 11.6 Å². The fourth-order valence-electron chi connectivity index (χ4n) is 2.69. The van der Waals surface area contributed by atoms with Crippen molar-refractivity contribution in [2.24, 2.45) is 10.7 Å². The molecular formula is C18H20ClN3O2. The van der Waals surface area contributed by atoms with Gasteiger partial charge < -0.3 is 20.5 Å². The Labute approximate surface area is 146 Å². The summed E-state index contributed by atoms with van der Waals surface area (Å²) >= 11 is 6.04. The van der Waals surface area contributed by atoms with Gasteiger partial charge in [0.1, 0.15) is 0 Å². The maximum absolute atomic E-state index is 6.04. The van der Waals surface area contributed by atoms with Crippen LogP contribution in [0.3, 0.4) is 0 Å². The second-order valence-electron chi connectivity index (χ2n) is 5.67. The number of anilines is 1. The highest BCUT2D eigenvalue weighted by atomic mass is 35.5. The van der Waals surface area contributed by atoms with Gasteiger partial charge in [0, 0.05) is 22.7 Å². The van der Waals surface area contributed by atoms with Crippen molar-refractivity contribution >= 4 is 23.2 Å². The van der Waals surface area contributed by atoms with Crippen LogP contribution in [-0.4, -0.2) is 26.2 Å². The quantitative estimate of drug-likeness (QED) is 0.641. The molecule has 3 N–H and O–H groups in total. The van der Waals surface area contributed by atoms with E-state index in [1.165, 1.54) is 5.56 Å². The Kier molecular flexibility index (Phi) is 4.81. The lowest BCUT2D eigenvalue weighted by Crippen LogP contribution is -2.23. The molecule has 2 unspecified atom stereocenters. The van der Waals surface area contributed by atoms with Crippen LogP contribution in [0.5, 0.6) is 11.5 Å². The molecule has 2 aromatic rings. The molecule has 2 atom stereocenters. The lowest BCUT2D eigenvalue weighted by Gasteiger charge is -2.11. The Hall–Kier alpha value is -2.40. The molecule has 1 saturated carbocycles. The average Bonchev–Trinajstić information content (AvgIpc) is 3.33. The molecule has 6 heteroatoms. The molecule has 0 amide bonds. The summed E-state index contributed by atoms with van der Waals surface area (Å²) in [6, 6.07) is 13.6. The van der Waals surface area contributed by atoms with Crippen LogP contribution < -0.4 is 20.5 Å². The smallest absolute Gasteiger partial charge is 0.193 e. The summed E-state index contributed by atoms with van der Waals surface area (Å²) in [5.41, 5.74) is 8.02. The zero-order valence-corrected chi connectivity index (χ0v) is 14.4. The maximum atomic E-state index is 6.04. The summed E-state index contributed by atoms with van der Waals surface area (Å²) in [6.45, 7) is 0. The molecule has 0 bridgehead atoms. The van der Waals surface area contributed by atoms with Crippen LogP contribution in [0.25, 0.3) is 0 Å². The van der Waals surface area contributed by atoms with Gasteiger partial charge >= 0.3 is 0 Å². The Morgan fingerprint density at radius 1 is 1.17 bits per heavy atom. The second-order valence-corrected chi connectivity index (χ2v) is 6.11. The van der Waals surface area contributed by atoms with E-state index < -0.39 is 0 Å².